The van der Waals surface area contributed by atoms with Gasteiger partial charge in [0.2, 0.25) is 5.91 Å². The quantitative estimate of drug-likeness (QED) is 0.808. The van der Waals surface area contributed by atoms with Crippen LogP contribution in [0.15, 0.2) is 30.3 Å². The molecule has 1 heterocycles. The van der Waals surface area contributed by atoms with Gasteiger partial charge in [0.1, 0.15) is 0 Å². The number of carbonyl (C=O) groups is 2. The molecule has 2 rings (SSSR count). The highest BCUT2D eigenvalue weighted by Gasteiger charge is 2.33. The molecule has 108 valence electrons. The maximum Gasteiger partial charge on any atom is 0.303 e. The molecule has 0 bridgehead atoms. The Morgan fingerprint density at radius 2 is 1.95 bits per heavy atom. The summed E-state index contributed by atoms with van der Waals surface area (Å²) in [6, 6.07) is 9.43. The standard InChI is InChI=1S/C15H20N2O3/c16-13(7-6-11-4-2-1-3-5-11)15(20)17-9-12(10-17)8-14(18)19/h1-5,12-13H,6-10,16H2,(H,18,19). The van der Waals surface area contributed by atoms with E-state index < -0.39 is 12.0 Å². The molecule has 1 aromatic carbocycles. The third kappa shape index (κ3) is 3.81. The van der Waals surface area contributed by atoms with Crippen LogP contribution in [-0.4, -0.2) is 41.0 Å². The maximum atomic E-state index is 12.0. The van der Waals surface area contributed by atoms with Crippen molar-refractivity contribution < 1.29 is 14.7 Å². The number of benzene rings is 1. The zero-order valence-electron chi connectivity index (χ0n) is 11.4. The third-order valence-corrected chi connectivity index (χ3v) is 3.64. The Hall–Kier alpha value is -1.88. The second kappa shape index (κ2) is 6.52. The van der Waals surface area contributed by atoms with Gasteiger partial charge in [-0.1, -0.05) is 30.3 Å². The summed E-state index contributed by atoms with van der Waals surface area (Å²) in [5.74, 6) is -0.796. The number of aryl methyl sites for hydroxylation is 1. The molecule has 1 unspecified atom stereocenters. The lowest BCUT2D eigenvalue weighted by Crippen LogP contribution is -2.55. The molecular formula is C15H20N2O3. The van der Waals surface area contributed by atoms with Gasteiger partial charge in [-0.2, -0.15) is 0 Å². The Morgan fingerprint density at radius 1 is 1.30 bits per heavy atom. The number of aliphatic carboxylic acids is 1. The lowest BCUT2D eigenvalue weighted by atomic mass is 9.94. The fourth-order valence-electron chi connectivity index (χ4n) is 2.45. The van der Waals surface area contributed by atoms with Crippen LogP contribution in [0.25, 0.3) is 0 Å². The molecule has 5 nitrogen and oxygen atoms in total. The molecule has 1 aliphatic rings. The van der Waals surface area contributed by atoms with E-state index in [-0.39, 0.29) is 18.2 Å². The normalized spacial score (nSPS) is 16.6. The number of hydrogen-bond acceptors (Lipinski definition) is 3. The molecule has 1 saturated heterocycles. The van der Waals surface area contributed by atoms with E-state index in [1.54, 1.807) is 4.90 Å². The number of carbonyl (C=O) groups excluding carboxylic acids is 1. The van der Waals surface area contributed by atoms with Gasteiger partial charge in [-0.15, -0.1) is 0 Å². The van der Waals surface area contributed by atoms with E-state index in [0.717, 1.165) is 6.42 Å². The lowest BCUT2D eigenvalue weighted by Gasteiger charge is -2.39. The van der Waals surface area contributed by atoms with Gasteiger partial charge in [-0.05, 0) is 18.4 Å². The van der Waals surface area contributed by atoms with E-state index in [1.807, 2.05) is 30.3 Å². The van der Waals surface area contributed by atoms with Gasteiger partial charge in [-0.3, -0.25) is 9.59 Å². The van der Waals surface area contributed by atoms with Crippen molar-refractivity contribution >= 4 is 11.9 Å². The molecule has 20 heavy (non-hydrogen) atoms. The Morgan fingerprint density at radius 3 is 2.55 bits per heavy atom. The fraction of sp³-hybridized carbons (Fsp3) is 0.467. The maximum absolute atomic E-state index is 12.0. The van der Waals surface area contributed by atoms with Crippen LogP contribution >= 0.6 is 0 Å². The zero-order chi connectivity index (χ0) is 14.5. The minimum Gasteiger partial charge on any atom is -0.481 e. The molecule has 0 aromatic heterocycles. The average Bonchev–Trinajstić information content (AvgIpc) is 2.40. The van der Waals surface area contributed by atoms with Crippen molar-refractivity contribution in [3.05, 3.63) is 35.9 Å². The van der Waals surface area contributed by atoms with Gasteiger partial charge in [0.25, 0.3) is 0 Å². The van der Waals surface area contributed by atoms with Crippen LogP contribution in [0.1, 0.15) is 18.4 Å². The summed E-state index contributed by atoms with van der Waals surface area (Å²) in [5.41, 5.74) is 7.08. The van der Waals surface area contributed by atoms with Crippen LogP contribution in [0, 0.1) is 5.92 Å². The predicted molar refractivity (Wildman–Crippen MR) is 75.1 cm³/mol. The average molecular weight is 276 g/mol. The first-order chi connectivity index (χ1) is 9.56. The third-order valence-electron chi connectivity index (χ3n) is 3.64. The summed E-state index contributed by atoms with van der Waals surface area (Å²) >= 11 is 0. The number of hydrogen-bond donors (Lipinski definition) is 2. The first kappa shape index (κ1) is 14.5. The smallest absolute Gasteiger partial charge is 0.303 e. The Labute approximate surface area is 118 Å². The van der Waals surface area contributed by atoms with Crippen LogP contribution in [-0.2, 0) is 16.0 Å². The molecule has 5 heteroatoms. The monoisotopic (exact) mass is 276 g/mol. The van der Waals surface area contributed by atoms with Gasteiger partial charge in [0.15, 0.2) is 0 Å². The molecule has 1 fully saturated rings. The van der Waals surface area contributed by atoms with E-state index in [2.05, 4.69) is 0 Å². The van der Waals surface area contributed by atoms with E-state index in [0.29, 0.717) is 19.5 Å². The molecule has 3 N–H and O–H groups in total. The van der Waals surface area contributed by atoms with Crippen LogP contribution in [0.4, 0.5) is 0 Å². The van der Waals surface area contributed by atoms with Gasteiger partial charge in [0.05, 0.1) is 12.5 Å². The highest BCUT2D eigenvalue weighted by molar-refractivity contribution is 5.82. The van der Waals surface area contributed by atoms with E-state index in [4.69, 9.17) is 10.8 Å². The van der Waals surface area contributed by atoms with Crippen LogP contribution in [0.5, 0.6) is 0 Å². The van der Waals surface area contributed by atoms with Crippen molar-refractivity contribution in [3.8, 4) is 0 Å². The summed E-state index contributed by atoms with van der Waals surface area (Å²) in [6.45, 7) is 1.04. The topological polar surface area (TPSA) is 83.6 Å². The molecule has 1 amide bonds. The second-order valence-corrected chi connectivity index (χ2v) is 5.34. The number of nitrogens with two attached hydrogens (primary N) is 1. The molecule has 1 aromatic rings. The van der Waals surface area contributed by atoms with Crippen molar-refractivity contribution in [2.45, 2.75) is 25.3 Å². The van der Waals surface area contributed by atoms with Crippen molar-refractivity contribution in [1.82, 2.24) is 4.90 Å². The van der Waals surface area contributed by atoms with Gasteiger partial charge >= 0.3 is 5.97 Å². The van der Waals surface area contributed by atoms with E-state index in [9.17, 15) is 9.59 Å². The number of amides is 1. The van der Waals surface area contributed by atoms with Crippen LogP contribution < -0.4 is 5.73 Å². The predicted octanol–water partition coefficient (Wildman–Crippen LogP) is 0.880. The highest BCUT2D eigenvalue weighted by atomic mass is 16.4. The van der Waals surface area contributed by atoms with Crippen molar-refractivity contribution in [2.75, 3.05) is 13.1 Å². The van der Waals surface area contributed by atoms with E-state index >= 15 is 0 Å². The first-order valence-corrected chi connectivity index (χ1v) is 6.86. The molecule has 0 saturated carbocycles. The summed E-state index contributed by atoms with van der Waals surface area (Å²) < 4.78 is 0. The first-order valence-electron chi connectivity index (χ1n) is 6.86. The number of likely N-dealkylation sites (tertiary alicyclic amines) is 1. The Kier molecular flexibility index (Phi) is 4.74. The SMILES string of the molecule is NC(CCc1ccccc1)C(=O)N1CC(CC(=O)O)C1. The minimum atomic E-state index is -0.810. The van der Waals surface area contributed by atoms with Gasteiger partial charge in [0, 0.05) is 19.0 Å². The van der Waals surface area contributed by atoms with Gasteiger partial charge < -0.3 is 15.7 Å². The fourth-order valence-corrected chi connectivity index (χ4v) is 2.45. The molecule has 1 aliphatic heterocycles. The zero-order valence-corrected chi connectivity index (χ0v) is 11.4. The minimum absolute atomic E-state index is 0.0671. The molecule has 0 spiro atoms. The van der Waals surface area contributed by atoms with Gasteiger partial charge in [-0.25, -0.2) is 0 Å². The van der Waals surface area contributed by atoms with Crippen molar-refractivity contribution in [1.29, 1.82) is 0 Å². The summed E-state index contributed by atoms with van der Waals surface area (Å²) in [4.78, 5) is 24.2. The number of carboxylic acid groups (broad SMARTS) is 1. The largest absolute Gasteiger partial charge is 0.481 e. The van der Waals surface area contributed by atoms with Crippen molar-refractivity contribution in [2.24, 2.45) is 11.7 Å². The highest BCUT2D eigenvalue weighted by Crippen LogP contribution is 2.20. The molecule has 1 atom stereocenters. The van der Waals surface area contributed by atoms with Crippen LogP contribution in [0.2, 0.25) is 0 Å². The summed E-state index contributed by atoms with van der Waals surface area (Å²) in [6.07, 6.45) is 1.52. The Balaban J connectivity index is 1.72. The molecule has 0 radical (unpaired) electrons. The summed E-state index contributed by atoms with van der Waals surface area (Å²) in [5, 5.41) is 8.67. The van der Waals surface area contributed by atoms with Crippen molar-refractivity contribution in [3.63, 3.8) is 0 Å². The molecular weight excluding hydrogens is 256 g/mol. The van der Waals surface area contributed by atoms with Crippen LogP contribution in [0.3, 0.4) is 0 Å². The van der Waals surface area contributed by atoms with E-state index in [1.165, 1.54) is 5.56 Å². The lowest BCUT2D eigenvalue weighted by molar-refractivity contribution is -0.145. The molecule has 0 aliphatic carbocycles. The summed E-state index contributed by atoms with van der Waals surface area (Å²) in [7, 11) is 0. The number of nitrogens with zero attached hydrogens (tertiary/aromatic N) is 1. The second-order valence-electron chi connectivity index (χ2n) is 5.34. The Bertz CT molecular complexity index is 469. The number of rotatable bonds is 6. The number of carboxylic acids is 1.